The van der Waals surface area contributed by atoms with Crippen molar-refractivity contribution in [2.24, 2.45) is 0 Å². The molecule has 0 saturated heterocycles. The third kappa shape index (κ3) is 7.46. The molecule has 0 spiro atoms. The lowest BCUT2D eigenvalue weighted by Crippen LogP contribution is -2.10. The van der Waals surface area contributed by atoms with Gasteiger partial charge in [-0.15, -0.1) is 12.4 Å². The van der Waals surface area contributed by atoms with Crippen molar-refractivity contribution in [2.75, 3.05) is 0 Å². The molecule has 0 aliphatic carbocycles. The van der Waals surface area contributed by atoms with Crippen LogP contribution in [-0.2, 0) is 9.53 Å². The Morgan fingerprint density at radius 2 is 2.33 bits per heavy atom. The maximum atomic E-state index is 10.1. The van der Waals surface area contributed by atoms with E-state index in [2.05, 4.69) is 11.3 Å². The standard InChI is InChI=1S/C5H8O3.ClH/c1-3-5(7)8-4(2)6;/h3-4,6H,1H2,2H3;1H. The van der Waals surface area contributed by atoms with Crippen LogP contribution in [0.4, 0.5) is 0 Å². The van der Waals surface area contributed by atoms with Gasteiger partial charge in [0.2, 0.25) is 0 Å². The zero-order valence-electron chi connectivity index (χ0n) is 5.03. The molecule has 1 atom stereocenters. The molecule has 1 N–H and O–H groups in total. The first-order valence-electron chi connectivity index (χ1n) is 2.18. The smallest absolute Gasteiger partial charge is 0.332 e. The molecule has 54 valence electrons. The van der Waals surface area contributed by atoms with E-state index < -0.39 is 12.3 Å². The second-order valence-electron chi connectivity index (χ2n) is 1.24. The molecular weight excluding hydrogens is 144 g/mol. The summed E-state index contributed by atoms with van der Waals surface area (Å²) in [6.45, 7) is 4.48. The van der Waals surface area contributed by atoms with Gasteiger partial charge in [0.15, 0.2) is 6.29 Å². The summed E-state index contributed by atoms with van der Waals surface area (Å²) >= 11 is 0. The molecule has 0 aromatic heterocycles. The molecule has 0 rings (SSSR count). The van der Waals surface area contributed by atoms with Crippen LogP contribution in [0.1, 0.15) is 6.92 Å². The number of halogens is 1. The SMILES string of the molecule is C=CC(=O)OC(C)O.Cl. The molecule has 0 aromatic rings. The molecule has 1 unspecified atom stereocenters. The van der Waals surface area contributed by atoms with Crippen LogP contribution in [0.15, 0.2) is 12.7 Å². The third-order valence-electron chi connectivity index (χ3n) is 0.453. The zero-order valence-corrected chi connectivity index (χ0v) is 5.85. The molecule has 0 amide bonds. The molecule has 9 heavy (non-hydrogen) atoms. The van der Waals surface area contributed by atoms with Gasteiger partial charge in [0.05, 0.1) is 0 Å². The lowest BCUT2D eigenvalue weighted by molar-refractivity contribution is -0.158. The van der Waals surface area contributed by atoms with E-state index >= 15 is 0 Å². The Morgan fingerprint density at radius 1 is 1.89 bits per heavy atom. The first-order valence-corrected chi connectivity index (χ1v) is 2.18. The first-order chi connectivity index (χ1) is 3.66. The van der Waals surface area contributed by atoms with Crippen molar-refractivity contribution in [2.45, 2.75) is 13.2 Å². The van der Waals surface area contributed by atoms with Gasteiger partial charge in [-0.3, -0.25) is 0 Å². The van der Waals surface area contributed by atoms with Gasteiger partial charge in [0, 0.05) is 6.08 Å². The quantitative estimate of drug-likeness (QED) is 0.356. The number of carbonyl (C=O) groups is 1. The Labute approximate surface area is 59.7 Å². The fourth-order valence-electron chi connectivity index (χ4n) is 0.216. The number of carbonyl (C=O) groups excluding carboxylic acids is 1. The molecule has 0 fully saturated rings. The summed E-state index contributed by atoms with van der Waals surface area (Å²) in [6, 6.07) is 0. The van der Waals surface area contributed by atoms with Crippen LogP contribution < -0.4 is 0 Å². The first kappa shape index (κ1) is 11.3. The lowest BCUT2D eigenvalue weighted by atomic mass is 10.6. The van der Waals surface area contributed by atoms with Crippen LogP contribution in [0.25, 0.3) is 0 Å². The van der Waals surface area contributed by atoms with Gasteiger partial charge in [0.1, 0.15) is 0 Å². The van der Waals surface area contributed by atoms with Crippen LogP contribution in [0.2, 0.25) is 0 Å². The number of rotatable bonds is 2. The Balaban J connectivity index is 0. The number of aliphatic hydroxyl groups excluding tert-OH is 1. The summed E-state index contributed by atoms with van der Waals surface area (Å²) in [7, 11) is 0. The predicted octanol–water partition coefficient (Wildman–Crippen LogP) is 0.476. The van der Waals surface area contributed by atoms with E-state index in [0.29, 0.717) is 0 Å². The van der Waals surface area contributed by atoms with Crippen LogP contribution >= 0.6 is 12.4 Å². The number of hydrogen-bond donors (Lipinski definition) is 1. The van der Waals surface area contributed by atoms with Crippen LogP contribution in [0.3, 0.4) is 0 Å². The van der Waals surface area contributed by atoms with Gasteiger partial charge >= 0.3 is 5.97 Å². The molecular formula is C5H9ClO3. The predicted molar refractivity (Wildman–Crippen MR) is 35.2 cm³/mol. The van der Waals surface area contributed by atoms with Crippen molar-refractivity contribution in [3.05, 3.63) is 12.7 Å². The Kier molecular flexibility index (Phi) is 7.01. The minimum atomic E-state index is -1.04. The van der Waals surface area contributed by atoms with E-state index in [1.165, 1.54) is 6.92 Å². The average molecular weight is 153 g/mol. The number of esters is 1. The second kappa shape index (κ2) is 5.59. The van der Waals surface area contributed by atoms with Gasteiger partial charge in [-0.1, -0.05) is 6.58 Å². The van der Waals surface area contributed by atoms with Crippen LogP contribution in [0, 0.1) is 0 Å². The minimum Gasteiger partial charge on any atom is -0.433 e. The minimum absolute atomic E-state index is 0. The van der Waals surface area contributed by atoms with E-state index in [-0.39, 0.29) is 12.4 Å². The van der Waals surface area contributed by atoms with Crippen molar-refractivity contribution in [3.63, 3.8) is 0 Å². The average Bonchev–Trinajstić information content (AvgIpc) is 1.65. The largest absolute Gasteiger partial charge is 0.433 e. The van der Waals surface area contributed by atoms with Crippen molar-refractivity contribution < 1.29 is 14.6 Å². The normalized spacial score (nSPS) is 10.9. The summed E-state index contributed by atoms with van der Waals surface area (Å²) < 4.78 is 4.20. The molecule has 0 aliphatic rings. The number of aliphatic hydroxyl groups is 1. The Morgan fingerprint density at radius 3 is 2.44 bits per heavy atom. The van der Waals surface area contributed by atoms with Gasteiger partial charge in [0.25, 0.3) is 0 Å². The van der Waals surface area contributed by atoms with Gasteiger partial charge < -0.3 is 9.84 Å². The van der Waals surface area contributed by atoms with Crippen molar-refractivity contribution in [1.82, 2.24) is 0 Å². The summed E-state index contributed by atoms with van der Waals surface area (Å²) in [5.74, 6) is -0.611. The van der Waals surface area contributed by atoms with Gasteiger partial charge in [-0.05, 0) is 6.92 Å². The van der Waals surface area contributed by atoms with E-state index in [9.17, 15) is 4.79 Å². The lowest BCUT2D eigenvalue weighted by Gasteiger charge is -2.01. The van der Waals surface area contributed by atoms with E-state index in [0.717, 1.165) is 6.08 Å². The van der Waals surface area contributed by atoms with Crippen molar-refractivity contribution >= 4 is 18.4 Å². The number of hydrogen-bond acceptors (Lipinski definition) is 3. The highest BCUT2D eigenvalue weighted by Gasteiger charge is 1.97. The second-order valence-corrected chi connectivity index (χ2v) is 1.24. The zero-order chi connectivity index (χ0) is 6.57. The van der Waals surface area contributed by atoms with E-state index in [1.54, 1.807) is 0 Å². The summed E-state index contributed by atoms with van der Waals surface area (Å²) in [4.78, 5) is 10.1. The number of ether oxygens (including phenoxy) is 1. The summed E-state index contributed by atoms with van der Waals surface area (Å²) in [5.41, 5.74) is 0. The summed E-state index contributed by atoms with van der Waals surface area (Å²) in [6.07, 6.45) is -0.0484. The molecule has 0 aliphatic heterocycles. The monoisotopic (exact) mass is 152 g/mol. The summed E-state index contributed by atoms with van der Waals surface area (Å²) in [5, 5.41) is 8.36. The molecule has 3 nitrogen and oxygen atoms in total. The van der Waals surface area contributed by atoms with Crippen LogP contribution in [-0.4, -0.2) is 17.4 Å². The molecule has 4 heteroatoms. The molecule has 0 saturated carbocycles. The Bertz CT molecular complexity index is 100. The molecule has 0 heterocycles. The van der Waals surface area contributed by atoms with Crippen LogP contribution in [0.5, 0.6) is 0 Å². The maximum Gasteiger partial charge on any atom is 0.332 e. The van der Waals surface area contributed by atoms with E-state index in [4.69, 9.17) is 5.11 Å². The molecule has 0 radical (unpaired) electrons. The molecule has 0 bridgehead atoms. The third-order valence-corrected chi connectivity index (χ3v) is 0.453. The van der Waals surface area contributed by atoms with Gasteiger partial charge in [-0.25, -0.2) is 4.79 Å². The highest BCUT2D eigenvalue weighted by atomic mass is 35.5. The highest BCUT2D eigenvalue weighted by Crippen LogP contribution is 1.84. The Hall–Kier alpha value is -0.540. The van der Waals surface area contributed by atoms with Crippen molar-refractivity contribution in [3.8, 4) is 0 Å². The van der Waals surface area contributed by atoms with E-state index in [1.807, 2.05) is 0 Å². The maximum absolute atomic E-state index is 10.1. The highest BCUT2D eigenvalue weighted by molar-refractivity contribution is 5.85. The van der Waals surface area contributed by atoms with Gasteiger partial charge in [-0.2, -0.15) is 0 Å². The fraction of sp³-hybridized carbons (Fsp3) is 0.400. The van der Waals surface area contributed by atoms with Crippen molar-refractivity contribution in [1.29, 1.82) is 0 Å². The fourth-order valence-corrected chi connectivity index (χ4v) is 0.216. The molecule has 0 aromatic carbocycles. The topological polar surface area (TPSA) is 46.5 Å².